The molecule has 0 radical (unpaired) electrons. The molecule has 1 atom stereocenters. The Kier molecular flexibility index (Phi) is 6.88. The Morgan fingerprint density at radius 1 is 1.12 bits per heavy atom. The standard InChI is InChI=1S/C19H33NO3S/c1-7-18(3,4)15-10-9-11-17(12-15)23-13-16(14-24(20,21)22)19(5,6)8-2/h9-12,16H,7-8,13-14H2,1-6H3,(H2,20,21,22). The lowest BCUT2D eigenvalue weighted by molar-refractivity contribution is 0.143. The number of sulfonamides is 1. The monoisotopic (exact) mass is 355 g/mol. The second kappa shape index (κ2) is 7.87. The first-order valence-corrected chi connectivity index (χ1v) is 10.4. The van der Waals surface area contributed by atoms with E-state index < -0.39 is 10.0 Å². The average molecular weight is 356 g/mol. The maximum Gasteiger partial charge on any atom is 0.209 e. The smallest absolute Gasteiger partial charge is 0.209 e. The largest absolute Gasteiger partial charge is 0.493 e. The summed E-state index contributed by atoms with van der Waals surface area (Å²) in [5, 5.41) is 5.27. The van der Waals surface area contributed by atoms with Crippen molar-refractivity contribution in [3.05, 3.63) is 29.8 Å². The molecule has 0 aliphatic rings. The highest BCUT2D eigenvalue weighted by Crippen LogP contribution is 2.33. The molecule has 1 aromatic rings. The van der Waals surface area contributed by atoms with Gasteiger partial charge in [0.25, 0.3) is 0 Å². The van der Waals surface area contributed by atoms with E-state index in [4.69, 9.17) is 9.88 Å². The van der Waals surface area contributed by atoms with Crippen LogP contribution in [0.15, 0.2) is 24.3 Å². The van der Waals surface area contributed by atoms with Crippen LogP contribution in [0.4, 0.5) is 0 Å². The third-order valence-electron chi connectivity index (χ3n) is 5.40. The van der Waals surface area contributed by atoms with Crippen molar-refractivity contribution in [2.45, 2.75) is 59.8 Å². The molecule has 0 heterocycles. The number of rotatable bonds is 9. The fourth-order valence-electron chi connectivity index (χ4n) is 2.48. The third kappa shape index (κ3) is 6.10. The second-order valence-corrected chi connectivity index (χ2v) is 9.60. The lowest BCUT2D eigenvalue weighted by atomic mass is 9.78. The van der Waals surface area contributed by atoms with Crippen molar-refractivity contribution in [1.82, 2.24) is 0 Å². The van der Waals surface area contributed by atoms with Crippen molar-refractivity contribution in [3.63, 3.8) is 0 Å². The summed E-state index contributed by atoms with van der Waals surface area (Å²) in [6.07, 6.45) is 1.90. The van der Waals surface area contributed by atoms with E-state index in [-0.39, 0.29) is 22.5 Å². The van der Waals surface area contributed by atoms with E-state index >= 15 is 0 Å². The first-order chi connectivity index (χ1) is 10.9. The highest BCUT2D eigenvalue weighted by molar-refractivity contribution is 7.89. The van der Waals surface area contributed by atoms with Gasteiger partial charge in [-0.25, -0.2) is 13.6 Å². The highest BCUT2D eigenvalue weighted by atomic mass is 32.2. The highest BCUT2D eigenvalue weighted by Gasteiger charge is 2.31. The van der Waals surface area contributed by atoms with E-state index in [0.717, 1.165) is 18.6 Å². The molecule has 4 nitrogen and oxygen atoms in total. The zero-order chi connectivity index (χ0) is 18.6. The lowest BCUT2D eigenvalue weighted by Gasteiger charge is -2.33. The van der Waals surface area contributed by atoms with Crippen molar-refractivity contribution in [2.24, 2.45) is 16.5 Å². The minimum atomic E-state index is -3.54. The van der Waals surface area contributed by atoms with Crippen LogP contribution in [-0.2, 0) is 15.4 Å². The maximum atomic E-state index is 11.6. The third-order valence-corrected chi connectivity index (χ3v) is 6.27. The van der Waals surface area contributed by atoms with E-state index in [1.54, 1.807) is 0 Å². The van der Waals surface area contributed by atoms with Crippen LogP contribution in [-0.4, -0.2) is 20.8 Å². The van der Waals surface area contributed by atoms with Gasteiger partial charge in [0.1, 0.15) is 5.75 Å². The number of ether oxygens (including phenoxy) is 1. The molecule has 0 aliphatic carbocycles. The van der Waals surface area contributed by atoms with Gasteiger partial charge in [-0.3, -0.25) is 0 Å². The Hall–Kier alpha value is -1.07. The summed E-state index contributed by atoms with van der Waals surface area (Å²) in [6.45, 7) is 13.1. The van der Waals surface area contributed by atoms with Crippen LogP contribution in [0.25, 0.3) is 0 Å². The Morgan fingerprint density at radius 3 is 2.25 bits per heavy atom. The molecule has 0 spiro atoms. The van der Waals surface area contributed by atoms with Crippen molar-refractivity contribution < 1.29 is 13.2 Å². The van der Waals surface area contributed by atoms with Crippen molar-refractivity contribution in [1.29, 1.82) is 0 Å². The molecule has 0 saturated carbocycles. The topological polar surface area (TPSA) is 69.4 Å². The molecular weight excluding hydrogens is 322 g/mol. The normalized spacial score (nSPS) is 14.5. The Balaban J connectivity index is 2.93. The Morgan fingerprint density at radius 2 is 1.75 bits per heavy atom. The molecule has 0 saturated heterocycles. The molecule has 1 rings (SSSR count). The van der Waals surface area contributed by atoms with Crippen LogP contribution < -0.4 is 9.88 Å². The molecule has 0 aromatic heterocycles. The molecule has 0 fully saturated rings. The van der Waals surface area contributed by atoms with Gasteiger partial charge in [0.2, 0.25) is 10.0 Å². The van der Waals surface area contributed by atoms with E-state index in [0.29, 0.717) is 6.61 Å². The minimum Gasteiger partial charge on any atom is -0.493 e. The fraction of sp³-hybridized carbons (Fsp3) is 0.684. The molecule has 0 bridgehead atoms. The van der Waals surface area contributed by atoms with Gasteiger partial charge in [-0.1, -0.05) is 60.1 Å². The van der Waals surface area contributed by atoms with Gasteiger partial charge in [0.05, 0.1) is 12.4 Å². The second-order valence-electron chi connectivity index (χ2n) is 7.94. The van der Waals surface area contributed by atoms with Crippen LogP contribution in [0, 0.1) is 11.3 Å². The lowest BCUT2D eigenvalue weighted by Crippen LogP contribution is -2.36. The van der Waals surface area contributed by atoms with Gasteiger partial charge < -0.3 is 4.74 Å². The summed E-state index contributed by atoms with van der Waals surface area (Å²) in [7, 11) is -3.54. The molecule has 0 aliphatic heterocycles. The predicted molar refractivity (Wildman–Crippen MR) is 101 cm³/mol. The molecule has 1 unspecified atom stereocenters. The molecular formula is C19H33NO3S. The first-order valence-electron chi connectivity index (χ1n) is 8.65. The van der Waals surface area contributed by atoms with Crippen molar-refractivity contribution in [3.8, 4) is 5.75 Å². The summed E-state index contributed by atoms with van der Waals surface area (Å²) in [5.74, 6) is 0.564. The van der Waals surface area contributed by atoms with E-state index in [1.807, 2.05) is 12.1 Å². The zero-order valence-electron chi connectivity index (χ0n) is 15.9. The van der Waals surface area contributed by atoms with E-state index in [1.165, 1.54) is 5.56 Å². The fourth-order valence-corrected chi connectivity index (χ4v) is 3.58. The summed E-state index contributed by atoms with van der Waals surface area (Å²) in [6, 6.07) is 8.06. The predicted octanol–water partition coefficient (Wildman–Crippen LogP) is 4.09. The number of hydrogen-bond acceptors (Lipinski definition) is 3. The zero-order valence-corrected chi connectivity index (χ0v) is 16.7. The number of primary sulfonamides is 1. The van der Waals surface area contributed by atoms with Crippen LogP contribution in [0.1, 0.15) is 59.9 Å². The maximum absolute atomic E-state index is 11.6. The average Bonchev–Trinajstić information content (AvgIpc) is 2.50. The van der Waals surface area contributed by atoms with Gasteiger partial charge in [0, 0.05) is 5.92 Å². The first kappa shape index (κ1) is 21.0. The Labute approximate surface area is 147 Å². The number of nitrogens with two attached hydrogens (primary N) is 1. The summed E-state index contributed by atoms with van der Waals surface area (Å²) in [4.78, 5) is 0. The Bertz CT molecular complexity index is 636. The number of benzene rings is 1. The van der Waals surface area contributed by atoms with Gasteiger partial charge in [-0.2, -0.15) is 0 Å². The SMILES string of the molecule is CCC(C)(C)c1cccc(OCC(CS(N)(=O)=O)C(C)(C)CC)c1. The minimum absolute atomic E-state index is 0.0615. The summed E-state index contributed by atoms with van der Waals surface area (Å²) in [5.41, 5.74) is 1.15. The van der Waals surface area contributed by atoms with Crippen LogP contribution in [0.3, 0.4) is 0 Å². The van der Waals surface area contributed by atoms with Crippen LogP contribution in [0.5, 0.6) is 5.75 Å². The van der Waals surface area contributed by atoms with Crippen LogP contribution >= 0.6 is 0 Å². The molecule has 0 amide bonds. The molecule has 138 valence electrons. The molecule has 2 N–H and O–H groups in total. The van der Waals surface area contributed by atoms with E-state index in [2.05, 4.69) is 53.7 Å². The van der Waals surface area contributed by atoms with Gasteiger partial charge >= 0.3 is 0 Å². The van der Waals surface area contributed by atoms with E-state index in [9.17, 15) is 8.42 Å². The summed E-state index contributed by atoms with van der Waals surface area (Å²) >= 11 is 0. The molecule has 5 heteroatoms. The van der Waals surface area contributed by atoms with Crippen molar-refractivity contribution >= 4 is 10.0 Å². The van der Waals surface area contributed by atoms with Gasteiger partial charge in [-0.05, 0) is 34.9 Å². The molecule has 24 heavy (non-hydrogen) atoms. The van der Waals surface area contributed by atoms with Gasteiger partial charge in [-0.15, -0.1) is 0 Å². The quantitative estimate of drug-likeness (QED) is 0.725. The van der Waals surface area contributed by atoms with Gasteiger partial charge in [0.15, 0.2) is 0 Å². The number of hydrogen-bond donors (Lipinski definition) is 1. The summed E-state index contributed by atoms with van der Waals surface area (Å²) < 4.78 is 29.1. The van der Waals surface area contributed by atoms with Crippen molar-refractivity contribution in [2.75, 3.05) is 12.4 Å². The molecule has 1 aromatic carbocycles. The van der Waals surface area contributed by atoms with Crippen LogP contribution in [0.2, 0.25) is 0 Å².